The normalized spacial score (nSPS) is 34.1. The van der Waals surface area contributed by atoms with Gasteiger partial charge in [0.1, 0.15) is 0 Å². The Hall–Kier alpha value is -0.860. The minimum absolute atomic E-state index is 0.205. The van der Waals surface area contributed by atoms with E-state index in [4.69, 9.17) is 4.74 Å². The van der Waals surface area contributed by atoms with Crippen molar-refractivity contribution in [1.29, 1.82) is 0 Å². The molecule has 2 heteroatoms. The summed E-state index contributed by atoms with van der Waals surface area (Å²) in [6.45, 7) is 11.7. The Morgan fingerprint density at radius 1 is 1.13 bits per heavy atom. The van der Waals surface area contributed by atoms with Crippen molar-refractivity contribution in [3.63, 3.8) is 0 Å². The highest BCUT2D eigenvalue weighted by Gasteiger charge is 2.55. The molecule has 1 aromatic rings. The Kier molecular flexibility index (Phi) is 4.59. The zero-order valence-corrected chi connectivity index (χ0v) is 15.6. The molecular weight excluding hydrogens is 282 g/mol. The molecule has 0 bridgehead atoms. The van der Waals surface area contributed by atoms with Crippen molar-refractivity contribution in [3.8, 4) is 0 Å². The predicted molar refractivity (Wildman–Crippen MR) is 96.9 cm³/mol. The van der Waals surface area contributed by atoms with Crippen molar-refractivity contribution in [2.24, 2.45) is 5.41 Å². The molecule has 0 aromatic heterocycles. The summed E-state index contributed by atoms with van der Waals surface area (Å²) in [5, 5.41) is 0. The van der Waals surface area contributed by atoms with Crippen molar-refractivity contribution in [3.05, 3.63) is 35.4 Å². The molecular formula is C21H33NO. The quantitative estimate of drug-likeness (QED) is 0.808. The van der Waals surface area contributed by atoms with Gasteiger partial charge in [0.05, 0.1) is 6.61 Å². The first-order valence-corrected chi connectivity index (χ1v) is 9.22. The Labute approximate surface area is 142 Å². The van der Waals surface area contributed by atoms with E-state index in [0.717, 1.165) is 6.61 Å². The molecule has 0 radical (unpaired) electrons. The second-order valence-electron chi connectivity index (χ2n) is 8.50. The maximum Gasteiger partial charge on any atom is 0.0618 e. The van der Waals surface area contributed by atoms with Crippen LogP contribution in [0.5, 0.6) is 0 Å². The lowest BCUT2D eigenvalue weighted by Crippen LogP contribution is -2.53. The lowest BCUT2D eigenvalue weighted by atomic mass is 9.63. The van der Waals surface area contributed by atoms with Crippen LogP contribution in [-0.4, -0.2) is 37.2 Å². The first-order valence-electron chi connectivity index (χ1n) is 9.22. The average molecular weight is 316 g/mol. The monoisotopic (exact) mass is 315 g/mol. The molecule has 2 nitrogen and oxygen atoms in total. The molecule has 1 saturated carbocycles. The maximum atomic E-state index is 5.52. The lowest BCUT2D eigenvalue weighted by molar-refractivity contribution is 0.0504. The van der Waals surface area contributed by atoms with Gasteiger partial charge in [0, 0.05) is 24.6 Å². The highest BCUT2D eigenvalue weighted by Crippen LogP contribution is 2.56. The van der Waals surface area contributed by atoms with E-state index in [1.165, 1.54) is 43.4 Å². The molecule has 1 aromatic carbocycles. The summed E-state index contributed by atoms with van der Waals surface area (Å²) in [6.07, 6.45) is 5.21. The van der Waals surface area contributed by atoms with Crippen LogP contribution in [0, 0.1) is 12.3 Å². The molecule has 1 heterocycles. The molecule has 1 saturated heterocycles. The number of aryl methyl sites for hydroxylation is 1. The van der Waals surface area contributed by atoms with Gasteiger partial charge >= 0.3 is 0 Å². The number of hydrogen-bond donors (Lipinski definition) is 0. The fourth-order valence-electron chi connectivity index (χ4n) is 5.12. The van der Waals surface area contributed by atoms with Crippen molar-refractivity contribution in [2.45, 2.75) is 70.9 Å². The molecule has 0 unspecified atom stereocenters. The molecule has 2 fully saturated rings. The van der Waals surface area contributed by atoms with Gasteiger partial charge in [-0.25, -0.2) is 0 Å². The summed E-state index contributed by atoms with van der Waals surface area (Å²) in [5.41, 5.74) is 3.39. The van der Waals surface area contributed by atoms with E-state index in [1.807, 2.05) is 7.11 Å². The Morgan fingerprint density at radius 3 is 2.48 bits per heavy atom. The van der Waals surface area contributed by atoms with Crippen LogP contribution in [0.15, 0.2) is 24.3 Å². The molecule has 1 aliphatic carbocycles. The zero-order chi connectivity index (χ0) is 16.7. The van der Waals surface area contributed by atoms with Gasteiger partial charge in [-0.15, -0.1) is 0 Å². The van der Waals surface area contributed by atoms with E-state index in [-0.39, 0.29) is 5.41 Å². The standard InChI is InChI=1S/C21H33NO/c1-16-8-10-17(11-9-16)21(4)19(12-13-20(21,2)3)22-14-6-7-18(22)15-23-5/h8-11,18-19H,6-7,12-15H2,1-5H3/t18-,19-,21-/m0/s1. The van der Waals surface area contributed by atoms with E-state index < -0.39 is 0 Å². The number of hydrogen-bond acceptors (Lipinski definition) is 2. The highest BCUT2D eigenvalue weighted by molar-refractivity contribution is 5.34. The van der Waals surface area contributed by atoms with Crippen LogP contribution in [0.1, 0.15) is 57.6 Å². The van der Waals surface area contributed by atoms with E-state index in [0.29, 0.717) is 17.5 Å². The van der Waals surface area contributed by atoms with Crippen LogP contribution in [-0.2, 0) is 10.2 Å². The van der Waals surface area contributed by atoms with Gasteiger partial charge in [-0.1, -0.05) is 50.6 Å². The third-order valence-corrected chi connectivity index (χ3v) is 6.95. The smallest absolute Gasteiger partial charge is 0.0618 e. The average Bonchev–Trinajstić information content (AvgIpc) is 3.04. The van der Waals surface area contributed by atoms with Crippen molar-refractivity contribution in [2.75, 3.05) is 20.3 Å². The fraction of sp³-hybridized carbons (Fsp3) is 0.714. The van der Waals surface area contributed by atoms with E-state index in [9.17, 15) is 0 Å². The summed E-state index contributed by atoms with van der Waals surface area (Å²) in [4.78, 5) is 2.78. The fourth-order valence-corrected chi connectivity index (χ4v) is 5.12. The van der Waals surface area contributed by atoms with Crippen molar-refractivity contribution < 1.29 is 4.74 Å². The van der Waals surface area contributed by atoms with Gasteiger partial charge in [0.2, 0.25) is 0 Å². The first kappa shape index (κ1) is 17.0. The molecule has 0 spiro atoms. The summed E-state index contributed by atoms with van der Waals surface area (Å²) < 4.78 is 5.52. The predicted octanol–water partition coefficient (Wildman–Crippen LogP) is 4.55. The van der Waals surface area contributed by atoms with Crippen LogP contribution in [0.25, 0.3) is 0 Å². The third kappa shape index (κ3) is 2.74. The topological polar surface area (TPSA) is 12.5 Å². The van der Waals surface area contributed by atoms with Crippen LogP contribution < -0.4 is 0 Å². The van der Waals surface area contributed by atoms with Gasteiger partial charge in [-0.05, 0) is 50.1 Å². The molecule has 23 heavy (non-hydrogen) atoms. The van der Waals surface area contributed by atoms with Crippen LogP contribution in [0.4, 0.5) is 0 Å². The maximum absolute atomic E-state index is 5.52. The van der Waals surface area contributed by atoms with Gasteiger partial charge in [0.25, 0.3) is 0 Å². The number of likely N-dealkylation sites (tertiary alicyclic amines) is 1. The number of ether oxygens (including phenoxy) is 1. The summed E-state index contributed by atoms with van der Waals surface area (Å²) in [6, 6.07) is 10.5. The lowest BCUT2D eigenvalue weighted by Gasteiger charge is -2.47. The molecule has 3 atom stereocenters. The molecule has 128 valence electrons. The third-order valence-electron chi connectivity index (χ3n) is 6.95. The van der Waals surface area contributed by atoms with Crippen molar-refractivity contribution >= 4 is 0 Å². The molecule has 2 aliphatic rings. The summed E-state index contributed by atoms with van der Waals surface area (Å²) in [7, 11) is 1.84. The Bertz CT molecular complexity index is 535. The largest absolute Gasteiger partial charge is 0.383 e. The molecule has 3 rings (SSSR count). The second-order valence-corrected chi connectivity index (χ2v) is 8.50. The minimum Gasteiger partial charge on any atom is -0.383 e. The van der Waals surface area contributed by atoms with Gasteiger partial charge in [-0.2, -0.15) is 0 Å². The number of methoxy groups -OCH3 is 1. The van der Waals surface area contributed by atoms with Crippen molar-refractivity contribution in [1.82, 2.24) is 4.90 Å². The molecule has 0 N–H and O–H groups in total. The highest BCUT2D eigenvalue weighted by atomic mass is 16.5. The molecule has 1 aliphatic heterocycles. The van der Waals surface area contributed by atoms with Gasteiger partial charge in [-0.3, -0.25) is 4.90 Å². The second kappa shape index (κ2) is 6.22. The number of nitrogens with zero attached hydrogens (tertiary/aromatic N) is 1. The van der Waals surface area contributed by atoms with E-state index in [2.05, 4.69) is 56.9 Å². The summed E-state index contributed by atoms with van der Waals surface area (Å²) >= 11 is 0. The van der Waals surface area contributed by atoms with Gasteiger partial charge < -0.3 is 4.74 Å². The number of benzene rings is 1. The van der Waals surface area contributed by atoms with Crippen LogP contribution in [0.2, 0.25) is 0 Å². The zero-order valence-electron chi connectivity index (χ0n) is 15.6. The van der Waals surface area contributed by atoms with E-state index in [1.54, 1.807) is 0 Å². The Morgan fingerprint density at radius 2 is 1.83 bits per heavy atom. The van der Waals surface area contributed by atoms with Crippen LogP contribution >= 0.6 is 0 Å². The first-order chi connectivity index (χ1) is 10.9. The van der Waals surface area contributed by atoms with Crippen LogP contribution in [0.3, 0.4) is 0 Å². The summed E-state index contributed by atoms with van der Waals surface area (Å²) in [5.74, 6) is 0. The minimum atomic E-state index is 0.205. The Balaban J connectivity index is 1.97. The van der Waals surface area contributed by atoms with Gasteiger partial charge in [0.15, 0.2) is 0 Å². The SMILES string of the molecule is COC[C@@H]1CCCN1[C@H]1CCC(C)(C)[C@@]1(C)c1ccc(C)cc1. The number of rotatable bonds is 4. The van der Waals surface area contributed by atoms with E-state index >= 15 is 0 Å². The molecule has 0 amide bonds.